The molecular weight excluding hydrogens is 194 g/mol. The monoisotopic (exact) mass is 207 g/mol. The predicted molar refractivity (Wildman–Crippen MR) is 61.7 cm³/mol. The second kappa shape index (κ2) is 3.03. The van der Waals surface area contributed by atoms with E-state index in [1.165, 1.54) is 11.4 Å². The second-order valence-corrected chi connectivity index (χ2v) is 4.83. The van der Waals surface area contributed by atoms with Crippen LogP contribution in [-0.2, 0) is 0 Å². The number of rotatable bonds is 1. The smallest absolute Gasteiger partial charge is 0.0409 e. The summed E-state index contributed by atoms with van der Waals surface area (Å²) in [6, 6.07) is 7.89. The zero-order valence-corrected chi connectivity index (χ0v) is 9.30. The predicted octanol–water partition coefficient (Wildman–Crippen LogP) is 3.70. The molecule has 0 saturated carbocycles. The van der Waals surface area contributed by atoms with Gasteiger partial charge in [0.1, 0.15) is 0 Å². The number of hydrogen-bond acceptors (Lipinski definition) is 1. The van der Waals surface area contributed by atoms with Gasteiger partial charge in [-0.3, -0.25) is 0 Å². The molecule has 0 aliphatic carbocycles. The summed E-state index contributed by atoms with van der Waals surface area (Å²) in [5, 5.41) is 0.777. The average Bonchev–Trinajstić information content (AvgIpc) is 2.16. The van der Waals surface area contributed by atoms with E-state index in [4.69, 9.17) is 11.6 Å². The average molecular weight is 208 g/mol. The summed E-state index contributed by atoms with van der Waals surface area (Å²) in [7, 11) is 0. The van der Waals surface area contributed by atoms with Gasteiger partial charge in [-0.15, -0.1) is 0 Å². The first-order valence-corrected chi connectivity index (χ1v) is 5.11. The molecule has 1 saturated heterocycles. The maximum Gasteiger partial charge on any atom is 0.0409 e. The van der Waals surface area contributed by atoms with Crippen LogP contribution in [0.1, 0.15) is 13.8 Å². The lowest BCUT2D eigenvalue weighted by molar-refractivity contribution is 0.355. The highest BCUT2D eigenvalue weighted by Crippen LogP contribution is 2.42. The van der Waals surface area contributed by atoms with Crippen LogP contribution in [-0.4, -0.2) is 6.54 Å². The number of anilines is 1. The van der Waals surface area contributed by atoms with Crippen LogP contribution in [0.3, 0.4) is 0 Å². The highest BCUT2D eigenvalue weighted by atomic mass is 35.5. The van der Waals surface area contributed by atoms with E-state index in [0.29, 0.717) is 0 Å². The quantitative estimate of drug-likeness (QED) is 0.679. The fraction of sp³-hybridized carbons (Fsp3) is 0.333. The van der Waals surface area contributed by atoms with Crippen molar-refractivity contribution in [1.29, 1.82) is 0 Å². The van der Waals surface area contributed by atoms with Gasteiger partial charge in [0.05, 0.1) is 0 Å². The topological polar surface area (TPSA) is 3.24 Å². The maximum atomic E-state index is 5.83. The molecule has 14 heavy (non-hydrogen) atoms. The molecule has 1 aromatic rings. The Kier molecular flexibility index (Phi) is 2.07. The van der Waals surface area contributed by atoms with Gasteiger partial charge in [-0.05, 0) is 24.3 Å². The zero-order valence-electron chi connectivity index (χ0n) is 8.55. The van der Waals surface area contributed by atoms with Gasteiger partial charge in [0, 0.05) is 28.4 Å². The molecule has 1 aliphatic heterocycles. The highest BCUT2D eigenvalue weighted by Gasteiger charge is 2.38. The van der Waals surface area contributed by atoms with Gasteiger partial charge in [-0.1, -0.05) is 32.0 Å². The Labute approximate surface area is 90.0 Å². The summed E-state index contributed by atoms with van der Waals surface area (Å²) in [6.07, 6.45) is 0. The molecule has 0 spiro atoms. The molecule has 1 nitrogen and oxygen atoms in total. The molecule has 0 N–H and O–H groups in total. The van der Waals surface area contributed by atoms with E-state index in [0.717, 1.165) is 11.6 Å². The van der Waals surface area contributed by atoms with E-state index in [-0.39, 0.29) is 5.41 Å². The molecule has 1 aromatic carbocycles. The molecule has 2 rings (SSSR count). The molecule has 1 fully saturated rings. The van der Waals surface area contributed by atoms with E-state index in [1.54, 1.807) is 0 Å². The third-order valence-electron chi connectivity index (χ3n) is 2.80. The Morgan fingerprint density at radius 3 is 2.29 bits per heavy atom. The zero-order chi connectivity index (χ0) is 10.3. The number of hydrogen-bond donors (Lipinski definition) is 0. The van der Waals surface area contributed by atoms with Crippen LogP contribution in [0.5, 0.6) is 0 Å². The van der Waals surface area contributed by atoms with Crippen LogP contribution < -0.4 is 4.90 Å². The summed E-state index contributed by atoms with van der Waals surface area (Å²) in [6.45, 7) is 9.54. The first-order valence-electron chi connectivity index (χ1n) is 4.73. The van der Waals surface area contributed by atoms with E-state index >= 15 is 0 Å². The fourth-order valence-electron chi connectivity index (χ4n) is 1.72. The lowest BCUT2D eigenvalue weighted by atomic mass is 9.80. The Balaban J connectivity index is 2.20. The van der Waals surface area contributed by atoms with E-state index in [2.05, 4.69) is 25.3 Å². The minimum atomic E-state index is 0.250. The van der Waals surface area contributed by atoms with Crippen LogP contribution in [0, 0.1) is 5.41 Å². The Hall–Kier alpha value is -0.950. The third kappa shape index (κ3) is 1.42. The van der Waals surface area contributed by atoms with Crippen molar-refractivity contribution in [2.45, 2.75) is 13.8 Å². The lowest BCUT2D eigenvalue weighted by Gasteiger charge is -2.49. The van der Waals surface area contributed by atoms with Gasteiger partial charge in [0.2, 0.25) is 0 Å². The molecule has 0 atom stereocenters. The van der Waals surface area contributed by atoms with Crippen LogP contribution in [0.4, 0.5) is 5.69 Å². The fourth-order valence-corrected chi connectivity index (χ4v) is 1.85. The summed E-state index contributed by atoms with van der Waals surface area (Å²) < 4.78 is 0. The number of benzene rings is 1. The molecule has 0 amide bonds. The van der Waals surface area contributed by atoms with Gasteiger partial charge in [-0.2, -0.15) is 0 Å². The molecule has 1 heterocycles. The van der Waals surface area contributed by atoms with Crippen LogP contribution >= 0.6 is 11.6 Å². The van der Waals surface area contributed by atoms with Gasteiger partial charge in [0.15, 0.2) is 0 Å². The van der Waals surface area contributed by atoms with Crippen molar-refractivity contribution >= 4 is 17.3 Å². The van der Waals surface area contributed by atoms with Crippen LogP contribution in [0.2, 0.25) is 5.02 Å². The van der Waals surface area contributed by atoms with Crippen LogP contribution in [0.25, 0.3) is 0 Å². The Morgan fingerprint density at radius 2 is 1.86 bits per heavy atom. The standard InChI is InChI=1S/C12H14ClN/c1-9-12(2,3)8-14(9)11-6-4-10(13)5-7-11/h4-7H,1,8H2,2-3H3. The Morgan fingerprint density at radius 1 is 1.29 bits per heavy atom. The highest BCUT2D eigenvalue weighted by molar-refractivity contribution is 6.30. The minimum absolute atomic E-state index is 0.250. The van der Waals surface area contributed by atoms with Gasteiger partial charge in [0.25, 0.3) is 0 Å². The van der Waals surface area contributed by atoms with Crippen molar-refractivity contribution in [3.63, 3.8) is 0 Å². The van der Waals surface area contributed by atoms with E-state index in [9.17, 15) is 0 Å². The van der Waals surface area contributed by atoms with Crippen molar-refractivity contribution in [3.8, 4) is 0 Å². The van der Waals surface area contributed by atoms with E-state index < -0.39 is 0 Å². The van der Waals surface area contributed by atoms with Crippen molar-refractivity contribution in [1.82, 2.24) is 0 Å². The molecule has 0 aromatic heterocycles. The maximum absolute atomic E-state index is 5.83. The van der Waals surface area contributed by atoms with Crippen molar-refractivity contribution in [2.75, 3.05) is 11.4 Å². The lowest BCUT2D eigenvalue weighted by Crippen LogP contribution is -2.50. The summed E-state index contributed by atoms with van der Waals surface area (Å²) in [5.41, 5.74) is 2.61. The van der Waals surface area contributed by atoms with Crippen molar-refractivity contribution in [2.24, 2.45) is 5.41 Å². The SMILES string of the molecule is C=C1N(c2ccc(Cl)cc2)CC1(C)C. The summed E-state index contributed by atoms with van der Waals surface area (Å²) in [5.74, 6) is 0. The third-order valence-corrected chi connectivity index (χ3v) is 3.05. The van der Waals surface area contributed by atoms with Gasteiger partial charge in [-0.25, -0.2) is 0 Å². The summed E-state index contributed by atoms with van der Waals surface area (Å²) in [4.78, 5) is 2.22. The first-order chi connectivity index (χ1) is 6.50. The van der Waals surface area contributed by atoms with Gasteiger partial charge < -0.3 is 4.90 Å². The molecule has 2 heteroatoms. The molecular formula is C12H14ClN. The second-order valence-electron chi connectivity index (χ2n) is 4.39. The minimum Gasteiger partial charge on any atom is -0.344 e. The van der Waals surface area contributed by atoms with Crippen molar-refractivity contribution in [3.05, 3.63) is 41.6 Å². The van der Waals surface area contributed by atoms with E-state index in [1.807, 2.05) is 24.3 Å². The van der Waals surface area contributed by atoms with Crippen LogP contribution in [0.15, 0.2) is 36.5 Å². The largest absolute Gasteiger partial charge is 0.344 e. The molecule has 1 aliphatic rings. The number of nitrogens with zero attached hydrogens (tertiary/aromatic N) is 1. The number of halogens is 1. The molecule has 0 radical (unpaired) electrons. The summed E-state index contributed by atoms with van der Waals surface area (Å²) >= 11 is 5.83. The normalized spacial score (nSPS) is 19.4. The molecule has 0 bridgehead atoms. The molecule has 74 valence electrons. The molecule has 0 unspecified atom stereocenters. The van der Waals surface area contributed by atoms with Crippen molar-refractivity contribution < 1.29 is 0 Å². The van der Waals surface area contributed by atoms with Gasteiger partial charge >= 0.3 is 0 Å². The first kappa shape index (κ1) is 9.60. The Bertz CT molecular complexity index is 364.